The van der Waals surface area contributed by atoms with Crippen molar-refractivity contribution in [2.75, 3.05) is 13.1 Å². The smallest absolute Gasteiger partial charge is 0.337 e. The van der Waals surface area contributed by atoms with Crippen LogP contribution in [0.3, 0.4) is 0 Å². The van der Waals surface area contributed by atoms with Crippen LogP contribution >= 0.6 is 0 Å². The number of rotatable bonds is 3. The third kappa shape index (κ3) is 3.40. The SMILES string of the molecule is CCc1cccnc1C(=O)N1CC2CC(c3ccccc3C(F)(F)F)CC2C1. The van der Waals surface area contributed by atoms with Crippen molar-refractivity contribution in [3.8, 4) is 0 Å². The lowest BCUT2D eigenvalue weighted by molar-refractivity contribution is -0.138. The fourth-order valence-electron chi connectivity index (χ4n) is 4.90. The quantitative estimate of drug-likeness (QED) is 0.747. The summed E-state index contributed by atoms with van der Waals surface area (Å²) in [5, 5.41) is 0. The van der Waals surface area contributed by atoms with E-state index in [9.17, 15) is 18.0 Å². The molecular weight excluding hydrogens is 365 g/mol. The number of hydrogen-bond donors (Lipinski definition) is 0. The van der Waals surface area contributed by atoms with E-state index in [4.69, 9.17) is 0 Å². The molecule has 3 nitrogen and oxygen atoms in total. The number of carbonyl (C=O) groups is 1. The summed E-state index contributed by atoms with van der Waals surface area (Å²) in [7, 11) is 0. The van der Waals surface area contributed by atoms with Gasteiger partial charge in [0.2, 0.25) is 0 Å². The van der Waals surface area contributed by atoms with Gasteiger partial charge in [0.15, 0.2) is 0 Å². The van der Waals surface area contributed by atoms with E-state index in [-0.39, 0.29) is 23.7 Å². The number of fused-ring (bicyclic) bond motifs is 1. The molecule has 1 saturated carbocycles. The number of benzene rings is 1. The molecule has 148 valence electrons. The van der Waals surface area contributed by atoms with Gasteiger partial charge in [0, 0.05) is 19.3 Å². The predicted molar refractivity (Wildman–Crippen MR) is 99.9 cm³/mol. The standard InChI is InChI=1S/C22H23F3N2O/c1-2-14-6-5-9-26-20(14)21(28)27-12-16-10-15(11-17(16)13-27)18-7-3-4-8-19(18)22(23,24)25/h3-9,15-17H,2,10-13H2,1H3. The Kier molecular flexibility index (Phi) is 4.89. The molecule has 2 fully saturated rings. The molecule has 0 radical (unpaired) electrons. The number of pyridine rings is 1. The molecule has 1 aliphatic heterocycles. The maximum Gasteiger partial charge on any atom is 0.416 e. The van der Waals surface area contributed by atoms with Crippen LogP contribution in [0, 0.1) is 11.8 Å². The summed E-state index contributed by atoms with van der Waals surface area (Å²) in [4.78, 5) is 19.0. The van der Waals surface area contributed by atoms with Gasteiger partial charge in [0.25, 0.3) is 5.91 Å². The van der Waals surface area contributed by atoms with Crippen molar-refractivity contribution in [3.05, 3.63) is 65.0 Å². The maximum atomic E-state index is 13.4. The average Bonchev–Trinajstić information content (AvgIpc) is 3.26. The van der Waals surface area contributed by atoms with Crippen molar-refractivity contribution < 1.29 is 18.0 Å². The van der Waals surface area contributed by atoms with E-state index in [0.717, 1.165) is 12.0 Å². The lowest BCUT2D eigenvalue weighted by Gasteiger charge is -2.22. The number of alkyl halides is 3. The largest absolute Gasteiger partial charge is 0.416 e. The summed E-state index contributed by atoms with van der Waals surface area (Å²) in [6.45, 7) is 3.21. The van der Waals surface area contributed by atoms with Crippen LogP contribution in [0.1, 0.15) is 52.9 Å². The Balaban J connectivity index is 1.48. The Bertz CT molecular complexity index is 866. The predicted octanol–water partition coefficient (Wildman–Crippen LogP) is 4.93. The topological polar surface area (TPSA) is 33.2 Å². The highest BCUT2D eigenvalue weighted by atomic mass is 19.4. The molecule has 2 atom stereocenters. The van der Waals surface area contributed by atoms with Gasteiger partial charge in [0.05, 0.1) is 5.56 Å². The summed E-state index contributed by atoms with van der Waals surface area (Å²) < 4.78 is 40.1. The summed E-state index contributed by atoms with van der Waals surface area (Å²) in [5.41, 5.74) is 1.32. The molecular formula is C22H23F3N2O. The third-order valence-electron chi connectivity index (χ3n) is 6.22. The van der Waals surface area contributed by atoms with Gasteiger partial charge in [-0.05, 0) is 60.3 Å². The zero-order valence-electron chi connectivity index (χ0n) is 15.7. The number of aryl methyl sites for hydroxylation is 1. The summed E-state index contributed by atoms with van der Waals surface area (Å²) in [6, 6.07) is 9.66. The van der Waals surface area contributed by atoms with Crippen molar-refractivity contribution in [2.24, 2.45) is 11.8 Å². The van der Waals surface area contributed by atoms with Crippen molar-refractivity contribution in [3.63, 3.8) is 0 Å². The first-order valence-corrected chi connectivity index (χ1v) is 9.77. The maximum absolute atomic E-state index is 13.4. The fourth-order valence-corrected chi connectivity index (χ4v) is 4.90. The zero-order valence-corrected chi connectivity index (χ0v) is 15.7. The molecule has 2 aromatic rings. The zero-order chi connectivity index (χ0) is 19.9. The van der Waals surface area contributed by atoms with Gasteiger partial charge in [0.1, 0.15) is 5.69 Å². The van der Waals surface area contributed by atoms with Crippen LogP contribution < -0.4 is 0 Å². The van der Waals surface area contributed by atoms with Crippen LogP contribution in [0.25, 0.3) is 0 Å². The molecule has 1 amide bonds. The minimum absolute atomic E-state index is 0.0564. The molecule has 2 aliphatic rings. The summed E-state index contributed by atoms with van der Waals surface area (Å²) in [6.07, 6.45) is -0.556. The normalized spacial score (nSPS) is 24.4. The molecule has 6 heteroatoms. The van der Waals surface area contributed by atoms with Crippen LogP contribution in [0.2, 0.25) is 0 Å². The molecule has 0 spiro atoms. The number of halogens is 3. The monoisotopic (exact) mass is 388 g/mol. The molecule has 1 aromatic heterocycles. The second-order valence-electron chi connectivity index (χ2n) is 7.85. The van der Waals surface area contributed by atoms with Gasteiger partial charge in [-0.1, -0.05) is 31.2 Å². The number of hydrogen-bond acceptors (Lipinski definition) is 2. The van der Waals surface area contributed by atoms with Crippen LogP contribution in [0.4, 0.5) is 13.2 Å². The van der Waals surface area contributed by atoms with E-state index in [2.05, 4.69) is 4.98 Å². The average molecular weight is 388 g/mol. The Morgan fingerprint density at radius 3 is 2.43 bits per heavy atom. The molecule has 1 aliphatic carbocycles. The molecule has 28 heavy (non-hydrogen) atoms. The van der Waals surface area contributed by atoms with E-state index in [1.165, 1.54) is 12.1 Å². The first-order valence-electron chi connectivity index (χ1n) is 9.77. The van der Waals surface area contributed by atoms with Crippen molar-refractivity contribution in [2.45, 2.75) is 38.3 Å². The number of aromatic nitrogens is 1. The molecule has 2 unspecified atom stereocenters. The van der Waals surface area contributed by atoms with E-state index in [0.29, 0.717) is 37.2 Å². The van der Waals surface area contributed by atoms with E-state index in [1.54, 1.807) is 18.3 Å². The van der Waals surface area contributed by atoms with Crippen LogP contribution in [0.5, 0.6) is 0 Å². The van der Waals surface area contributed by atoms with Crippen LogP contribution in [0.15, 0.2) is 42.6 Å². The number of carbonyl (C=O) groups excluding carboxylic acids is 1. The molecule has 0 N–H and O–H groups in total. The van der Waals surface area contributed by atoms with E-state index < -0.39 is 11.7 Å². The van der Waals surface area contributed by atoms with E-state index >= 15 is 0 Å². The molecule has 4 rings (SSSR count). The number of amides is 1. The van der Waals surface area contributed by atoms with Gasteiger partial charge in [-0.15, -0.1) is 0 Å². The van der Waals surface area contributed by atoms with Gasteiger partial charge in [-0.3, -0.25) is 9.78 Å². The molecule has 1 aromatic carbocycles. The highest BCUT2D eigenvalue weighted by molar-refractivity contribution is 5.94. The number of nitrogens with zero attached hydrogens (tertiary/aromatic N) is 2. The lowest BCUT2D eigenvalue weighted by Crippen LogP contribution is -2.31. The Morgan fingerprint density at radius 1 is 1.11 bits per heavy atom. The lowest BCUT2D eigenvalue weighted by atomic mass is 9.91. The molecule has 0 bridgehead atoms. The van der Waals surface area contributed by atoms with Crippen molar-refractivity contribution in [1.29, 1.82) is 0 Å². The van der Waals surface area contributed by atoms with Gasteiger partial charge in [-0.2, -0.15) is 13.2 Å². The van der Waals surface area contributed by atoms with Crippen molar-refractivity contribution in [1.82, 2.24) is 9.88 Å². The second-order valence-corrected chi connectivity index (χ2v) is 7.85. The highest BCUT2D eigenvalue weighted by Gasteiger charge is 2.45. The first-order chi connectivity index (χ1) is 13.4. The molecule has 1 saturated heterocycles. The van der Waals surface area contributed by atoms with E-state index in [1.807, 2.05) is 24.0 Å². The minimum Gasteiger partial charge on any atom is -0.337 e. The van der Waals surface area contributed by atoms with Crippen LogP contribution in [-0.4, -0.2) is 28.9 Å². The molecule has 2 heterocycles. The minimum atomic E-state index is -4.33. The van der Waals surface area contributed by atoms with Gasteiger partial charge in [-0.25, -0.2) is 0 Å². The van der Waals surface area contributed by atoms with Gasteiger partial charge >= 0.3 is 6.18 Å². The fraction of sp³-hybridized carbons (Fsp3) is 0.455. The summed E-state index contributed by atoms with van der Waals surface area (Å²) in [5.74, 6) is 0.360. The second kappa shape index (κ2) is 7.22. The summed E-state index contributed by atoms with van der Waals surface area (Å²) >= 11 is 0. The first kappa shape index (κ1) is 19.0. The van der Waals surface area contributed by atoms with Crippen molar-refractivity contribution >= 4 is 5.91 Å². The Labute approximate surface area is 162 Å². The third-order valence-corrected chi connectivity index (χ3v) is 6.22. The number of likely N-dealkylation sites (tertiary alicyclic amines) is 1. The Hall–Kier alpha value is -2.37. The highest BCUT2D eigenvalue weighted by Crippen LogP contribution is 2.49. The Morgan fingerprint density at radius 2 is 1.79 bits per heavy atom. The van der Waals surface area contributed by atoms with Crippen LogP contribution in [-0.2, 0) is 12.6 Å². The van der Waals surface area contributed by atoms with Gasteiger partial charge < -0.3 is 4.90 Å².